The molecule has 14 heavy (non-hydrogen) atoms. The number of rotatable bonds is 7. The van der Waals surface area contributed by atoms with Crippen LogP contribution < -0.4 is 11.1 Å². The van der Waals surface area contributed by atoms with Crippen LogP contribution in [0.1, 0.15) is 46.5 Å². The summed E-state index contributed by atoms with van der Waals surface area (Å²) in [6.07, 6.45) is 5.27. The van der Waals surface area contributed by atoms with E-state index in [1.54, 1.807) is 0 Å². The Balaban J connectivity index is 2.24. The monoisotopic (exact) mass is 198 g/mol. The fraction of sp³-hybridized carbons (Fsp3) is 1.00. The molecular formula is C12H26N2. The largest absolute Gasteiger partial charge is 0.329 e. The van der Waals surface area contributed by atoms with E-state index in [4.69, 9.17) is 5.73 Å². The van der Waals surface area contributed by atoms with Gasteiger partial charge >= 0.3 is 0 Å². The summed E-state index contributed by atoms with van der Waals surface area (Å²) in [6.45, 7) is 8.71. The zero-order chi connectivity index (χ0) is 10.6. The van der Waals surface area contributed by atoms with Gasteiger partial charge in [-0.3, -0.25) is 0 Å². The molecule has 0 aromatic heterocycles. The molecule has 84 valence electrons. The van der Waals surface area contributed by atoms with Gasteiger partial charge in [0.05, 0.1) is 0 Å². The zero-order valence-electron chi connectivity index (χ0n) is 9.97. The summed E-state index contributed by atoms with van der Waals surface area (Å²) in [5, 5.41) is 3.64. The van der Waals surface area contributed by atoms with Crippen molar-refractivity contribution in [3.63, 3.8) is 0 Å². The Labute approximate surface area is 88.6 Å². The lowest BCUT2D eigenvalue weighted by Gasteiger charge is -2.30. The SMILES string of the molecule is CCCC(C)(CN)NCC(C)C1CC1. The quantitative estimate of drug-likeness (QED) is 0.658. The molecule has 0 aliphatic heterocycles. The molecule has 0 amide bonds. The van der Waals surface area contributed by atoms with Crippen LogP contribution in [0.25, 0.3) is 0 Å². The lowest BCUT2D eigenvalue weighted by molar-refractivity contribution is 0.304. The molecule has 1 aliphatic carbocycles. The molecular weight excluding hydrogens is 172 g/mol. The van der Waals surface area contributed by atoms with Crippen LogP contribution in [0.4, 0.5) is 0 Å². The first kappa shape index (κ1) is 12.0. The third-order valence-corrected chi connectivity index (χ3v) is 3.53. The molecule has 1 fully saturated rings. The first-order chi connectivity index (χ1) is 6.61. The predicted molar refractivity (Wildman–Crippen MR) is 62.3 cm³/mol. The Morgan fingerprint density at radius 3 is 2.57 bits per heavy atom. The van der Waals surface area contributed by atoms with Gasteiger partial charge in [-0.1, -0.05) is 20.3 Å². The Morgan fingerprint density at radius 2 is 2.14 bits per heavy atom. The van der Waals surface area contributed by atoms with Gasteiger partial charge in [0, 0.05) is 12.1 Å². The highest BCUT2D eigenvalue weighted by molar-refractivity contribution is 4.87. The average Bonchev–Trinajstić information content (AvgIpc) is 2.98. The second-order valence-corrected chi connectivity index (χ2v) is 5.21. The maximum atomic E-state index is 5.81. The van der Waals surface area contributed by atoms with Crippen molar-refractivity contribution < 1.29 is 0 Å². The van der Waals surface area contributed by atoms with Gasteiger partial charge in [0.25, 0.3) is 0 Å². The van der Waals surface area contributed by atoms with Gasteiger partial charge in [0.1, 0.15) is 0 Å². The van der Waals surface area contributed by atoms with Gasteiger partial charge in [0.15, 0.2) is 0 Å². The van der Waals surface area contributed by atoms with Crippen LogP contribution in [0.3, 0.4) is 0 Å². The summed E-state index contributed by atoms with van der Waals surface area (Å²) in [7, 11) is 0. The molecule has 2 unspecified atom stereocenters. The van der Waals surface area contributed by atoms with E-state index in [-0.39, 0.29) is 5.54 Å². The molecule has 1 saturated carbocycles. The van der Waals surface area contributed by atoms with E-state index in [1.807, 2.05) is 0 Å². The molecule has 0 spiro atoms. The maximum absolute atomic E-state index is 5.81. The highest BCUT2D eigenvalue weighted by atomic mass is 15.0. The third-order valence-electron chi connectivity index (χ3n) is 3.53. The predicted octanol–water partition coefficient (Wildman–Crippen LogP) is 2.14. The molecule has 0 bridgehead atoms. The van der Waals surface area contributed by atoms with Crippen LogP contribution in [0.15, 0.2) is 0 Å². The average molecular weight is 198 g/mol. The molecule has 1 rings (SSSR count). The Bertz CT molecular complexity index is 166. The van der Waals surface area contributed by atoms with Gasteiger partial charge in [-0.15, -0.1) is 0 Å². The number of nitrogens with one attached hydrogen (secondary N) is 1. The fourth-order valence-electron chi connectivity index (χ4n) is 2.05. The van der Waals surface area contributed by atoms with Crippen LogP contribution in [-0.4, -0.2) is 18.6 Å². The molecule has 3 N–H and O–H groups in total. The molecule has 2 heteroatoms. The van der Waals surface area contributed by atoms with Crippen molar-refractivity contribution >= 4 is 0 Å². The minimum absolute atomic E-state index is 0.165. The van der Waals surface area contributed by atoms with Gasteiger partial charge in [-0.25, -0.2) is 0 Å². The fourth-order valence-corrected chi connectivity index (χ4v) is 2.05. The zero-order valence-corrected chi connectivity index (χ0v) is 9.97. The minimum Gasteiger partial charge on any atom is -0.329 e. The first-order valence-electron chi connectivity index (χ1n) is 6.06. The van der Waals surface area contributed by atoms with E-state index >= 15 is 0 Å². The molecule has 2 nitrogen and oxygen atoms in total. The minimum atomic E-state index is 0.165. The smallest absolute Gasteiger partial charge is 0.0275 e. The maximum Gasteiger partial charge on any atom is 0.0275 e. The van der Waals surface area contributed by atoms with E-state index in [9.17, 15) is 0 Å². The standard InChI is InChI=1S/C12H26N2/c1-4-7-12(3,9-13)14-8-10(2)11-5-6-11/h10-11,14H,4-9,13H2,1-3H3. The van der Waals surface area contributed by atoms with Gasteiger partial charge in [0.2, 0.25) is 0 Å². The van der Waals surface area contributed by atoms with Crippen molar-refractivity contribution in [3.8, 4) is 0 Å². The molecule has 1 aliphatic rings. The van der Waals surface area contributed by atoms with Gasteiger partial charge in [-0.05, 0) is 44.6 Å². The molecule has 0 aromatic rings. The normalized spacial score (nSPS) is 23.1. The van der Waals surface area contributed by atoms with E-state index in [0.717, 1.165) is 24.9 Å². The summed E-state index contributed by atoms with van der Waals surface area (Å²) in [4.78, 5) is 0. The van der Waals surface area contributed by atoms with Crippen molar-refractivity contribution in [3.05, 3.63) is 0 Å². The summed E-state index contributed by atoms with van der Waals surface area (Å²) < 4.78 is 0. The van der Waals surface area contributed by atoms with E-state index in [0.29, 0.717) is 0 Å². The topological polar surface area (TPSA) is 38.0 Å². The number of hydrogen-bond donors (Lipinski definition) is 2. The van der Waals surface area contributed by atoms with Crippen LogP contribution >= 0.6 is 0 Å². The lowest BCUT2D eigenvalue weighted by atomic mass is 9.95. The van der Waals surface area contributed by atoms with Crippen molar-refractivity contribution in [1.82, 2.24) is 5.32 Å². The summed E-state index contributed by atoms with van der Waals surface area (Å²) in [6, 6.07) is 0. The van der Waals surface area contributed by atoms with Crippen LogP contribution in [0.5, 0.6) is 0 Å². The summed E-state index contributed by atoms with van der Waals surface area (Å²) in [5.41, 5.74) is 5.97. The lowest BCUT2D eigenvalue weighted by Crippen LogP contribution is -2.50. The van der Waals surface area contributed by atoms with Crippen LogP contribution in [0.2, 0.25) is 0 Å². The number of hydrogen-bond acceptors (Lipinski definition) is 2. The molecule has 0 heterocycles. The van der Waals surface area contributed by atoms with Crippen molar-refractivity contribution in [2.75, 3.05) is 13.1 Å². The van der Waals surface area contributed by atoms with E-state index < -0.39 is 0 Å². The highest BCUT2D eigenvalue weighted by Gasteiger charge is 2.29. The molecule has 0 saturated heterocycles. The summed E-state index contributed by atoms with van der Waals surface area (Å²) in [5.74, 6) is 1.82. The second kappa shape index (κ2) is 5.13. The van der Waals surface area contributed by atoms with Crippen LogP contribution in [-0.2, 0) is 0 Å². The van der Waals surface area contributed by atoms with E-state index in [1.165, 1.54) is 25.7 Å². The Hall–Kier alpha value is -0.0800. The Morgan fingerprint density at radius 1 is 1.50 bits per heavy atom. The highest BCUT2D eigenvalue weighted by Crippen LogP contribution is 2.36. The number of nitrogens with two attached hydrogens (primary N) is 1. The molecule has 0 radical (unpaired) electrons. The van der Waals surface area contributed by atoms with Gasteiger partial charge < -0.3 is 11.1 Å². The Kier molecular flexibility index (Phi) is 4.39. The molecule has 0 aromatic carbocycles. The summed E-state index contributed by atoms with van der Waals surface area (Å²) >= 11 is 0. The second-order valence-electron chi connectivity index (χ2n) is 5.21. The van der Waals surface area contributed by atoms with Crippen molar-refractivity contribution in [1.29, 1.82) is 0 Å². The van der Waals surface area contributed by atoms with Crippen molar-refractivity contribution in [2.24, 2.45) is 17.6 Å². The van der Waals surface area contributed by atoms with Crippen LogP contribution in [0, 0.1) is 11.8 Å². The van der Waals surface area contributed by atoms with E-state index in [2.05, 4.69) is 26.1 Å². The van der Waals surface area contributed by atoms with Crippen molar-refractivity contribution in [2.45, 2.75) is 52.0 Å². The third kappa shape index (κ3) is 3.58. The van der Waals surface area contributed by atoms with Gasteiger partial charge in [-0.2, -0.15) is 0 Å². The molecule has 2 atom stereocenters. The first-order valence-corrected chi connectivity index (χ1v) is 6.06.